The molecule has 0 radical (unpaired) electrons. The second kappa shape index (κ2) is 5.77. The molecule has 0 aliphatic carbocycles. The number of anilines is 1. The van der Waals surface area contributed by atoms with E-state index in [1.807, 2.05) is 19.1 Å². The van der Waals surface area contributed by atoms with Gasteiger partial charge in [-0.1, -0.05) is 18.2 Å². The second-order valence-electron chi connectivity index (χ2n) is 7.05. The Bertz CT molecular complexity index is 701. The van der Waals surface area contributed by atoms with Gasteiger partial charge in [-0.3, -0.25) is 0 Å². The SMILES string of the molecule is C[C@]1(O)CCOC[C@@H]1[C@@H]1CCCN1c1ccc2ccccc2n1. The fourth-order valence-corrected chi connectivity index (χ4v) is 4.09. The van der Waals surface area contributed by atoms with Gasteiger partial charge in [-0.05, 0) is 44.4 Å². The molecular weight excluding hydrogens is 288 g/mol. The minimum Gasteiger partial charge on any atom is -0.390 e. The Kier molecular flexibility index (Phi) is 3.74. The third-order valence-corrected chi connectivity index (χ3v) is 5.49. The predicted octanol–water partition coefficient (Wildman–Crippen LogP) is 2.99. The average molecular weight is 312 g/mol. The summed E-state index contributed by atoms with van der Waals surface area (Å²) in [7, 11) is 0. The highest BCUT2D eigenvalue weighted by Gasteiger charge is 2.44. The third-order valence-electron chi connectivity index (χ3n) is 5.49. The molecule has 23 heavy (non-hydrogen) atoms. The van der Waals surface area contributed by atoms with Gasteiger partial charge in [-0.15, -0.1) is 0 Å². The molecule has 2 aliphatic heterocycles. The molecule has 0 saturated carbocycles. The van der Waals surface area contributed by atoms with Crippen molar-refractivity contribution in [3.8, 4) is 0 Å². The molecule has 2 aromatic rings. The first-order valence-corrected chi connectivity index (χ1v) is 8.58. The van der Waals surface area contributed by atoms with Crippen LogP contribution in [0.25, 0.3) is 10.9 Å². The van der Waals surface area contributed by atoms with E-state index in [2.05, 4.69) is 29.2 Å². The number of nitrogens with zero attached hydrogens (tertiary/aromatic N) is 2. The van der Waals surface area contributed by atoms with Gasteiger partial charge < -0.3 is 14.7 Å². The van der Waals surface area contributed by atoms with Crippen molar-refractivity contribution >= 4 is 16.7 Å². The molecule has 2 aliphatic rings. The minimum absolute atomic E-state index is 0.145. The lowest BCUT2D eigenvalue weighted by Crippen LogP contribution is -2.52. The van der Waals surface area contributed by atoms with Crippen LogP contribution in [0.2, 0.25) is 0 Å². The topological polar surface area (TPSA) is 45.6 Å². The van der Waals surface area contributed by atoms with Crippen molar-refractivity contribution in [3.05, 3.63) is 36.4 Å². The van der Waals surface area contributed by atoms with Crippen molar-refractivity contribution in [1.82, 2.24) is 4.98 Å². The van der Waals surface area contributed by atoms with E-state index in [0.717, 1.165) is 30.7 Å². The van der Waals surface area contributed by atoms with Crippen LogP contribution in [0.1, 0.15) is 26.2 Å². The van der Waals surface area contributed by atoms with Crippen LogP contribution in [0.5, 0.6) is 0 Å². The van der Waals surface area contributed by atoms with Crippen molar-refractivity contribution in [3.63, 3.8) is 0 Å². The Morgan fingerprint density at radius 2 is 2.13 bits per heavy atom. The fourth-order valence-electron chi connectivity index (χ4n) is 4.09. The quantitative estimate of drug-likeness (QED) is 0.926. The van der Waals surface area contributed by atoms with Gasteiger partial charge in [-0.2, -0.15) is 0 Å². The van der Waals surface area contributed by atoms with E-state index < -0.39 is 5.60 Å². The monoisotopic (exact) mass is 312 g/mol. The molecule has 122 valence electrons. The molecule has 1 N–H and O–H groups in total. The summed E-state index contributed by atoms with van der Waals surface area (Å²) in [5.41, 5.74) is 0.379. The first kappa shape index (κ1) is 14.9. The van der Waals surface area contributed by atoms with Gasteiger partial charge in [0.15, 0.2) is 0 Å². The minimum atomic E-state index is -0.650. The lowest BCUT2D eigenvalue weighted by Gasteiger charge is -2.43. The van der Waals surface area contributed by atoms with Gasteiger partial charge in [-0.25, -0.2) is 4.98 Å². The Labute approximate surface area is 137 Å². The maximum atomic E-state index is 10.8. The normalized spacial score (nSPS) is 31.7. The Morgan fingerprint density at radius 3 is 3.00 bits per heavy atom. The molecule has 2 saturated heterocycles. The standard InChI is InChI=1S/C19H24N2O2/c1-19(22)10-12-23-13-15(19)17-7-4-11-21(17)18-9-8-14-5-2-3-6-16(14)20-18/h2-3,5-6,8-9,15,17,22H,4,7,10-13H2,1H3/t15-,17+,19+/m1/s1. The molecular formula is C19H24N2O2. The molecule has 4 rings (SSSR count). The Morgan fingerprint density at radius 1 is 1.26 bits per heavy atom. The molecule has 0 amide bonds. The molecule has 1 aromatic carbocycles. The number of aliphatic hydroxyl groups is 1. The molecule has 0 spiro atoms. The average Bonchev–Trinajstić information content (AvgIpc) is 3.03. The molecule has 1 aromatic heterocycles. The molecule has 2 fully saturated rings. The van der Waals surface area contributed by atoms with Crippen LogP contribution >= 0.6 is 0 Å². The number of benzene rings is 1. The third kappa shape index (κ3) is 2.70. The highest BCUT2D eigenvalue weighted by molar-refractivity contribution is 5.80. The summed E-state index contributed by atoms with van der Waals surface area (Å²) in [6, 6.07) is 12.8. The smallest absolute Gasteiger partial charge is 0.129 e. The van der Waals surface area contributed by atoms with Crippen LogP contribution in [0.15, 0.2) is 36.4 Å². The lowest BCUT2D eigenvalue weighted by molar-refractivity contribution is -0.108. The van der Waals surface area contributed by atoms with Crippen molar-refractivity contribution in [1.29, 1.82) is 0 Å². The van der Waals surface area contributed by atoms with Crippen LogP contribution in [-0.2, 0) is 4.74 Å². The predicted molar refractivity (Wildman–Crippen MR) is 91.7 cm³/mol. The van der Waals surface area contributed by atoms with E-state index in [4.69, 9.17) is 9.72 Å². The van der Waals surface area contributed by atoms with Crippen molar-refractivity contribution in [2.45, 2.75) is 37.8 Å². The van der Waals surface area contributed by atoms with E-state index >= 15 is 0 Å². The van der Waals surface area contributed by atoms with Crippen LogP contribution in [-0.4, -0.2) is 41.5 Å². The van der Waals surface area contributed by atoms with Crippen LogP contribution in [0.4, 0.5) is 5.82 Å². The van der Waals surface area contributed by atoms with E-state index in [0.29, 0.717) is 25.7 Å². The molecule has 0 unspecified atom stereocenters. The lowest BCUT2D eigenvalue weighted by atomic mass is 9.79. The summed E-state index contributed by atoms with van der Waals surface area (Å²) >= 11 is 0. The second-order valence-corrected chi connectivity index (χ2v) is 7.05. The number of rotatable bonds is 2. The highest BCUT2D eigenvalue weighted by Crippen LogP contribution is 2.37. The number of pyridine rings is 1. The zero-order chi connectivity index (χ0) is 15.9. The number of fused-ring (bicyclic) bond motifs is 1. The van der Waals surface area contributed by atoms with Crippen molar-refractivity contribution in [2.24, 2.45) is 5.92 Å². The van der Waals surface area contributed by atoms with Gasteiger partial charge in [0.25, 0.3) is 0 Å². The summed E-state index contributed by atoms with van der Waals surface area (Å²) in [6.45, 7) is 4.26. The summed E-state index contributed by atoms with van der Waals surface area (Å²) in [6.07, 6.45) is 2.96. The van der Waals surface area contributed by atoms with Crippen molar-refractivity contribution < 1.29 is 9.84 Å². The van der Waals surface area contributed by atoms with Crippen LogP contribution < -0.4 is 4.90 Å². The highest BCUT2D eigenvalue weighted by atomic mass is 16.5. The number of aromatic nitrogens is 1. The van der Waals surface area contributed by atoms with Crippen LogP contribution in [0, 0.1) is 5.92 Å². The van der Waals surface area contributed by atoms with E-state index in [1.54, 1.807) is 0 Å². The summed E-state index contributed by atoms with van der Waals surface area (Å²) < 4.78 is 5.68. The number of hydrogen-bond acceptors (Lipinski definition) is 4. The largest absolute Gasteiger partial charge is 0.390 e. The summed E-state index contributed by atoms with van der Waals surface area (Å²) in [5, 5.41) is 12.0. The van der Waals surface area contributed by atoms with Crippen molar-refractivity contribution in [2.75, 3.05) is 24.7 Å². The van der Waals surface area contributed by atoms with E-state index in [1.165, 1.54) is 5.39 Å². The van der Waals surface area contributed by atoms with E-state index in [9.17, 15) is 5.11 Å². The molecule has 0 bridgehead atoms. The number of para-hydroxylation sites is 1. The molecule has 4 nitrogen and oxygen atoms in total. The molecule has 3 heterocycles. The molecule has 4 heteroatoms. The molecule has 3 atom stereocenters. The first-order chi connectivity index (χ1) is 11.1. The van der Waals surface area contributed by atoms with Crippen LogP contribution in [0.3, 0.4) is 0 Å². The van der Waals surface area contributed by atoms with E-state index in [-0.39, 0.29) is 5.92 Å². The number of hydrogen-bond donors (Lipinski definition) is 1. The number of ether oxygens (including phenoxy) is 1. The Balaban J connectivity index is 1.66. The van der Waals surface area contributed by atoms with Gasteiger partial charge >= 0.3 is 0 Å². The zero-order valence-corrected chi connectivity index (χ0v) is 13.6. The Hall–Kier alpha value is -1.65. The summed E-state index contributed by atoms with van der Waals surface area (Å²) in [5.74, 6) is 1.17. The summed E-state index contributed by atoms with van der Waals surface area (Å²) in [4.78, 5) is 7.23. The van der Waals surface area contributed by atoms with Gasteiger partial charge in [0.05, 0.1) is 17.7 Å². The van der Waals surface area contributed by atoms with Gasteiger partial charge in [0.2, 0.25) is 0 Å². The maximum absolute atomic E-state index is 10.8. The maximum Gasteiger partial charge on any atom is 0.129 e. The van der Waals surface area contributed by atoms with Gasteiger partial charge in [0.1, 0.15) is 5.82 Å². The van der Waals surface area contributed by atoms with Gasteiger partial charge in [0, 0.05) is 30.5 Å². The fraction of sp³-hybridized carbons (Fsp3) is 0.526. The zero-order valence-electron chi connectivity index (χ0n) is 13.6. The first-order valence-electron chi connectivity index (χ1n) is 8.58.